The Morgan fingerprint density at radius 3 is 1.36 bits per heavy atom. The van der Waals surface area contributed by atoms with Gasteiger partial charge in [0.15, 0.2) is 0 Å². The average Bonchev–Trinajstić information content (AvgIpc) is 2.29. The van der Waals surface area contributed by atoms with Crippen molar-refractivity contribution >= 4 is 0 Å². The van der Waals surface area contributed by atoms with Gasteiger partial charge in [-0.25, -0.2) is 4.39 Å². The molecular formula is C25H51FO2. The van der Waals surface area contributed by atoms with Gasteiger partial charge in [0, 0.05) is 6.42 Å². The van der Waals surface area contributed by atoms with Gasteiger partial charge in [-0.15, -0.1) is 0 Å². The number of rotatable bonds is 10. The molecule has 0 heterocycles. The zero-order chi connectivity index (χ0) is 23.0. The summed E-state index contributed by atoms with van der Waals surface area (Å²) in [6.45, 7) is 32.2. The first-order valence-electron chi connectivity index (χ1n) is 10.9. The molecule has 0 aliphatic rings. The average molecular weight is 403 g/mol. The van der Waals surface area contributed by atoms with E-state index in [1.807, 2.05) is 27.7 Å². The van der Waals surface area contributed by atoms with Gasteiger partial charge in [0.2, 0.25) is 0 Å². The molecule has 0 N–H and O–H groups in total. The highest BCUT2D eigenvalue weighted by atomic mass is 19.1. The van der Waals surface area contributed by atoms with E-state index in [2.05, 4.69) is 62.3 Å². The fourth-order valence-electron chi connectivity index (χ4n) is 3.96. The Hall–Kier alpha value is -0.150. The quantitative estimate of drug-likeness (QED) is 0.369. The molecule has 0 aromatic carbocycles. The van der Waals surface area contributed by atoms with Gasteiger partial charge in [0.05, 0.1) is 23.4 Å². The van der Waals surface area contributed by atoms with Crippen molar-refractivity contribution in [2.24, 2.45) is 16.2 Å². The van der Waals surface area contributed by atoms with E-state index >= 15 is 0 Å². The van der Waals surface area contributed by atoms with Crippen LogP contribution >= 0.6 is 0 Å². The number of alkyl halides is 1. The maximum atomic E-state index is 14.1. The van der Waals surface area contributed by atoms with Crippen LogP contribution in [-0.2, 0) is 9.47 Å². The monoisotopic (exact) mass is 402 g/mol. The van der Waals surface area contributed by atoms with E-state index in [1.165, 1.54) is 0 Å². The van der Waals surface area contributed by atoms with Crippen LogP contribution in [0.15, 0.2) is 0 Å². The second kappa shape index (κ2) is 8.17. The zero-order valence-electron chi connectivity index (χ0n) is 21.8. The summed E-state index contributed by atoms with van der Waals surface area (Å²) in [5, 5.41) is 0. The molecule has 0 bridgehead atoms. The highest BCUT2D eigenvalue weighted by Crippen LogP contribution is 2.50. The van der Waals surface area contributed by atoms with Crippen LogP contribution in [0, 0.1) is 16.2 Å². The lowest BCUT2D eigenvalue weighted by Crippen LogP contribution is -2.50. The van der Waals surface area contributed by atoms with E-state index < -0.39 is 16.9 Å². The molecule has 0 fully saturated rings. The highest BCUT2D eigenvalue weighted by Gasteiger charge is 2.46. The molecule has 0 spiro atoms. The third kappa shape index (κ3) is 8.69. The van der Waals surface area contributed by atoms with Crippen LogP contribution in [0.5, 0.6) is 0 Å². The summed E-state index contributed by atoms with van der Waals surface area (Å²) in [6, 6.07) is 0. The second-order valence-electron chi connectivity index (χ2n) is 13.5. The number of ether oxygens (including phenoxy) is 2. The minimum atomic E-state index is -1.26. The molecule has 3 heteroatoms. The molecule has 28 heavy (non-hydrogen) atoms. The maximum Gasteiger partial charge on any atom is 0.108 e. The largest absolute Gasteiger partial charge is 0.372 e. The van der Waals surface area contributed by atoms with E-state index in [4.69, 9.17) is 9.47 Å². The van der Waals surface area contributed by atoms with Crippen molar-refractivity contribution in [2.75, 3.05) is 6.61 Å². The summed E-state index contributed by atoms with van der Waals surface area (Å²) in [6.07, 6.45) is 1.40. The van der Waals surface area contributed by atoms with E-state index in [-0.39, 0.29) is 21.8 Å². The zero-order valence-corrected chi connectivity index (χ0v) is 21.8. The predicted molar refractivity (Wildman–Crippen MR) is 121 cm³/mol. The summed E-state index contributed by atoms with van der Waals surface area (Å²) < 4.78 is 26.9. The molecule has 2 nitrogen and oxygen atoms in total. The van der Waals surface area contributed by atoms with Crippen molar-refractivity contribution < 1.29 is 13.9 Å². The van der Waals surface area contributed by atoms with Gasteiger partial charge in [-0.2, -0.15) is 0 Å². The van der Waals surface area contributed by atoms with E-state index in [0.29, 0.717) is 13.0 Å². The minimum Gasteiger partial charge on any atom is -0.372 e. The summed E-state index contributed by atoms with van der Waals surface area (Å²) in [5.74, 6) is 0. The molecule has 0 aliphatic carbocycles. The Kier molecular flexibility index (Phi) is 8.13. The molecule has 0 saturated carbocycles. The van der Waals surface area contributed by atoms with Gasteiger partial charge in [-0.05, 0) is 78.1 Å². The summed E-state index contributed by atoms with van der Waals surface area (Å²) in [7, 11) is 0. The predicted octanol–water partition coefficient (Wildman–Crippen LogP) is 7.98. The summed E-state index contributed by atoms with van der Waals surface area (Å²) >= 11 is 0. The van der Waals surface area contributed by atoms with Gasteiger partial charge in [0.1, 0.15) is 5.67 Å². The molecular weight excluding hydrogens is 351 g/mol. The molecule has 0 rings (SSSR count). The third-order valence-corrected chi connectivity index (χ3v) is 6.72. The fraction of sp³-hybridized carbons (Fsp3) is 1.00. The van der Waals surface area contributed by atoms with Crippen molar-refractivity contribution in [2.45, 2.75) is 139 Å². The second-order valence-corrected chi connectivity index (χ2v) is 13.5. The lowest BCUT2D eigenvalue weighted by atomic mass is 9.59. The molecule has 0 aromatic rings. The van der Waals surface area contributed by atoms with Gasteiger partial charge in [0.25, 0.3) is 0 Å². The van der Waals surface area contributed by atoms with Crippen LogP contribution in [0.1, 0.15) is 117 Å². The Labute approximate surface area is 176 Å². The Morgan fingerprint density at radius 2 is 1.00 bits per heavy atom. The van der Waals surface area contributed by atoms with E-state index in [9.17, 15) is 4.39 Å². The summed E-state index contributed by atoms with van der Waals surface area (Å²) in [5.41, 5.74) is -2.26. The van der Waals surface area contributed by atoms with Crippen LogP contribution in [0.2, 0.25) is 0 Å². The molecule has 0 aliphatic heterocycles. The third-order valence-electron chi connectivity index (χ3n) is 6.72. The van der Waals surface area contributed by atoms with Crippen LogP contribution < -0.4 is 0 Å². The summed E-state index contributed by atoms with van der Waals surface area (Å²) in [4.78, 5) is 0. The molecule has 0 atom stereocenters. The van der Waals surface area contributed by atoms with Crippen LogP contribution in [0.25, 0.3) is 0 Å². The first-order chi connectivity index (χ1) is 11.8. The first-order valence-corrected chi connectivity index (χ1v) is 10.9. The van der Waals surface area contributed by atoms with Crippen molar-refractivity contribution in [1.29, 1.82) is 0 Å². The van der Waals surface area contributed by atoms with Gasteiger partial charge >= 0.3 is 0 Å². The first kappa shape index (κ1) is 27.8. The number of hydrogen-bond acceptors (Lipinski definition) is 2. The van der Waals surface area contributed by atoms with Crippen molar-refractivity contribution in [3.05, 3.63) is 0 Å². The van der Waals surface area contributed by atoms with E-state index in [1.54, 1.807) is 13.8 Å². The topological polar surface area (TPSA) is 18.5 Å². The molecule has 0 radical (unpaired) electrons. The van der Waals surface area contributed by atoms with Crippen LogP contribution in [0.4, 0.5) is 4.39 Å². The highest BCUT2D eigenvalue weighted by molar-refractivity contribution is 4.96. The minimum absolute atomic E-state index is 0.0176. The Bertz CT molecular complexity index is 500. The van der Waals surface area contributed by atoms with Gasteiger partial charge in [-0.3, -0.25) is 0 Å². The molecule has 0 saturated heterocycles. The van der Waals surface area contributed by atoms with Gasteiger partial charge in [-0.1, -0.05) is 48.5 Å². The van der Waals surface area contributed by atoms with Crippen molar-refractivity contribution in [1.82, 2.24) is 0 Å². The van der Waals surface area contributed by atoms with Gasteiger partial charge < -0.3 is 9.47 Å². The SMILES string of the molecule is CC(C)(F)CC(C)(C)OC(C)(C)COC(C)(C)C(C)(C)CC(C)(C)C(C)(C)C. The van der Waals surface area contributed by atoms with Crippen LogP contribution in [0.3, 0.4) is 0 Å². The Balaban J connectivity index is 5.19. The fourth-order valence-corrected chi connectivity index (χ4v) is 3.96. The molecule has 0 aromatic heterocycles. The lowest BCUT2D eigenvalue weighted by Gasteiger charge is -2.50. The van der Waals surface area contributed by atoms with Crippen molar-refractivity contribution in [3.8, 4) is 0 Å². The normalized spacial score (nSPS) is 15.9. The standard InChI is InChI=1S/C25H51FO2/c1-19(2,3)20(4,5)16-21(6,7)25(14,15)27-18-24(12,13)28-23(10,11)17-22(8,9)26/h16-18H2,1-15H3. The van der Waals surface area contributed by atoms with Crippen LogP contribution in [-0.4, -0.2) is 29.1 Å². The van der Waals surface area contributed by atoms with Crippen molar-refractivity contribution in [3.63, 3.8) is 0 Å². The number of hydrogen-bond donors (Lipinski definition) is 0. The van der Waals surface area contributed by atoms with E-state index in [0.717, 1.165) is 6.42 Å². The Morgan fingerprint density at radius 1 is 0.571 bits per heavy atom. The maximum absolute atomic E-state index is 14.1. The molecule has 170 valence electrons. The number of halogens is 1. The lowest BCUT2D eigenvalue weighted by molar-refractivity contribution is -0.202. The molecule has 0 amide bonds. The molecule has 0 unspecified atom stereocenters. The smallest absolute Gasteiger partial charge is 0.108 e.